The van der Waals surface area contributed by atoms with Gasteiger partial charge in [0.25, 0.3) is 0 Å². The predicted octanol–water partition coefficient (Wildman–Crippen LogP) is 1.92. The van der Waals surface area contributed by atoms with Crippen LogP contribution in [0.3, 0.4) is 0 Å². The van der Waals surface area contributed by atoms with Crippen LogP contribution in [0.5, 0.6) is 0 Å². The molecule has 0 heterocycles. The van der Waals surface area contributed by atoms with Crippen molar-refractivity contribution >= 4 is 5.84 Å². The van der Waals surface area contributed by atoms with Gasteiger partial charge in [0, 0.05) is 19.7 Å². The van der Waals surface area contributed by atoms with Gasteiger partial charge < -0.3 is 21.0 Å². The Morgan fingerprint density at radius 2 is 2.10 bits per heavy atom. The first-order valence-corrected chi connectivity index (χ1v) is 7.10. The summed E-state index contributed by atoms with van der Waals surface area (Å²) in [5.74, 6) is 0.0902. The molecular formula is C15H25N3O2. The molecule has 0 aliphatic heterocycles. The summed E-state index contributed by atoms with van der Waals surface area (Å²) >= 11 is 0. The second-order valence-corrected chi connectivity index (χ2v) is 4.66. The highest BCUT2D eigenvalue weighted by Gasteiger charge is 2.15. The minimum Gasteiger partial charge on any atom is -0.409 e. The van der Waals surface area contributed by atoms with E-state index in [2.05, 4.69) is 17.4 Å². The number of hydrogen-bond donors (Lipinski definition) is 3. The lowest BCUT2D eigenvalue weighted by atomic mass is 9.98. The summed E-state index contributed by atoms with van der Waals surface area (Å²) in [6, 6.07) is 9.79. The topological polar surface area (TPSA) is 79.9 Å². The normalized spacial score (nSPS) is 13.3. The zero-order chi connectivity index (χ0) is 14.6. The lowest BCUT2D eigenvalue weighted by Gasteiger charge is -2.16. The van der Waals surface area contributed by atoms with E-state index in [1.807, 2.05) is 30.3 Å². The van der Waals surface area contributed by atoms with Gasteiger partial charge in [0.1, 0.15) is 5.84 Å². The van der Waals surface area contributed by atoms with E-state index in [-0.39, 0.29) is 11.8 Å². The van der Waals surface area contributed by atoms with Gasteiger partial charge >= 0.3 is 0 Å². The Morgan fingerprint density at radius 1 is 1.35 bits per heavy atom. The van der Waals surface area contributed by atoms with E-state index in [4.69, 9.17) is 15.7 Å². The molecule has 1 unspecified atom stereocenters. The first-order valence-electron chi connectivity index (χ1n) is 7.10. The minimum absolute atomic E-state index is 0.128. The standard InChI is InChI=1S/C15H25N3O2/c1-2-3-10-20-11-9-17-12-14(15(16)18-19)13-7-5-4-6-8-13/h4-8,14,17,19H,2-3,9-12H2,1H3,(H2,16,18). The van der Waals surface area contributed by atoms with Crippen molar-refractivity contribution in [3.63, 3.8) is 0 Å². The molecule has 0 aliphatic carbocycles. The lowest BCUT2D eigenvalue weighted by molar-refractivity contribution is 0.133. The van der Waals surface area contributed by atoms with Crippen molar-refractivity contribution in [3.8, 4) is 0 Å². The Morgan fingerprint density at radius 3 is 2.75 bits per heavy atom. The molecule has 0 saturated heterocycles. The van der Waals surface area contributed by atoms with Gasteiger partial charge in [-0.2, -0.15) is 0 Å². The quantitative estimate of drug-likeness (QED) is 0.201. The minimum atomic E-state index is -0.128. The molecule has 112 valence electrons. The van der Waals surface area contributed by atoms with E-state index in [0.29, 0.717) is 13.2 Å². The summed E-state index contributed by atoms with van der Waals surface area (Å²) in [5.41, 5.74) is 6.79. The van der Waals surface area contributed by atoms with Crippen molar-refractivity contribution in [2.45, 2.75) is 25.7 Å². The van der Waals surface area contributed by atoms with E-state index in [0.717, 1.165) is 31.6 Å². The molecule has 0 spiro atoms. The molecule has 1 aromatic rings. The summed E-state index contributed by atoms with van der Waals surface area (Å²) in [7, 11) is 0. The maximum atomic E-state index is 8.88. The van der Waals surface area contributed by atoms with E-state index in [1.165, 1.54) is 0 Å². The summed E-state index contributed by atoms with van der Waals surface area (Å²) < 4.78 is 5.48. The maximum absolute atomic E-state index is 8.88. The monoisotopic (exact) mass is 279 g/mol. The van der Waals surface area contributed by atoms with Crippen molar-refractivity contribution in [2.75, 3.05) is 26.3 Å². The second kappa shape index (κ2) is 10.2. The first kappa shape index (κ1) is 16.5. The molecule has 0 aliphatic rings. The fraction of sp³-hybridized carbons (Fsp3) is 0.533. The number of rotatable bonds is 10. The SMILES string of the molecule is CCCCOCCNCC(C(N)=NO)c1ccccc1. The van der Waals surface area contributed by atoms with Crippen molar-refractivity contribution in [2.24, 2.45) is 10.9 Å². The van der Waals surface area contributed by atoms with Gasteiger partial charge in [-0.25, -0.2) is 0 Å². The average Bonchev–Trinajstić information content (AvgIpc) is 2.50. The second-order valence-electron chi connectivity index (χ2n) is 4.66. The molecule has 4 N–H and O–H groups in total. The summed E-state index contributed by atoms with van der Waals surface area (Å²) in [5, 5.41) is 15.3. The van der Waals surface area contributed by atoms with Gasteiger partial charge in [0.2, 0.25) is 0 Å². The molecule has 0 fully saturated rings. The van der Waals surface area contributed by atoms with Crippen molar-refractivity contribution < 1.29 is 9.94 Å². The number of benzene rings is 1. The van der Waals surface area contributed by atoms with Crippen LogP contribution in [0.4, 0.5) is 0 Å². The zero-order valence-corrected chi connectivity index (χ0v) is 12.1. The molecule has 0 amide bonds. The molecule has 5 heteroatoms. The zero-order valence-electron chi connectivity index (χ0n) is 12.1. The van der Waals surface area contributed by atoms with Crippen LogP contribution in [0.15, 0.2) is 35.5 Å². The number of ether oxygens (including phenoxy) is 1. The number of nitrogens with two attached hydrogens (primary N) is 1. The smallest absolute Gasteiger partial charge is 0.147 e. The fourth-order valence-electron chi connectivity index (χ4n) is 1.89. The van der Waals surface area contributed by atoms with Crippen LogP contribution in [0.1, 0.15) is 31.2 Å². The lowest BCUT2D eigenvalue weighted by Crippen LogP contribution is -2.33. The summed E-state index contributed by atoms with van der Waals surface area (Å²) in [6.07, 6.45) is 2.24. The van der Waals surface area contributed by atoms with Gasteiger partial charge in [-0.3, -0.25) is 0 Å². The Labute approximate surface area is 120 Å². The maximum Gasteiger partial charge on any atom is 0.147 e. The number of unbranched alkanes of at least 4 members (excludes halogenated alkanes) is 1. The Bertz CT molecular complexity index is 382. The summed E-state index contributed by atoms with van der Waals surface area (Å²) in [4.78, 5) is 0. The molecular weight excluding hydrogens is 254 g/mol. The third-order valence-electron chi connectivity index (χ3n) is 3.09. The highest BCUT2D eigenvalue weighted by atomic mass is 16.5. The number of amidine groups is 1. The molecule has 0 saturated carbocycles. The van der Waals surface area contributed by atoms with E-state index in [9.17, 15) is 0 Å². The number of nitrogens with one attached hydrogen (secondary N) is 1. The Kier molecular flexibility index (Phi) is 8.42. The van der Waals surface area contributed by atoms with Gasteiger partial charge in [0.15, 0.2) is 0 Å². The average molecular weight is 279 g/mol. The largest absolute Gasteiger partial charge is 0.409 e. The van der Waals surface area contributed by atoms with Crippen LogP contribution in [0.2, 0.25) is 0 Å². The first-order chi connectivity index (χ1) is 9.79. The summed E-state index contributed by atoms with van der Waals surface area (Å²) in [6.45, 7) is 5.00. The predicted molar refractivity (Wildman–Crippen MR) is 81.2 cm³/mol. The molecule has 0 bridgehead atoms. The van der Waals surface area contributed by atoms with Gasteiger partial charge in [-0.05, 0) is 12.0 Å². The third kappa shape index (κ3) is 6.04. The van der Waals surface area contributed by atoms with Crippen molar-refractivity contribution in [1.82, 2.24) is 5.32 Å². The third-order valence-corrected chi connectivity index (χ3v) is 3.09. The van der Waals surface area contributed by atoms with Crippen LogP contribution in [0.25, 0.3) is 0 Å². The van der Waals surface area contributed by atoms with Gasteiger partial charge in [-0.15, -0.1) is 0 Å². The van der Waals surface area contributed by atoms with Crippen LogP contribution < -0.4 is 11.1 Å². The Hall–Kier alpha value is -1.59. The van der Waals surface area contributed by atoms with Gasteiger partial charge in [0.05, 0.1) is 12.5 Å². The molecule has 5 nitrogen and oxygen atoms in total. The number of oxime groups is 1. The Balaban J connectivity index is 2.36. The molecule has 0 aromatic heterocycles. The van der Waals surface area contributed by atoms with Gasteiger partial charge in [-0.1, -0.05) is 48.8 Å². The highest BCUT2D eigenvalue weighted by molar-refractivity contribution is 5.87. The molecule has 1 aromatic carbocycles. The van der Waals surface area contributed by atoms with E-state index in [1.54, 1.807) is 0 Å². The van der Waals surface area contributed by atoms with Crippen LogP contribution in [0, 0.1) is 0 Å². The van der Waals surface area contributed by atoms with E-state index < -0.39 is 0 Å². The molecule has 0 radical (unpaired) electrons. The van der Waals surface area contributed by atoms with Crippen LogP contribution >= 0.6 is 0 Å². The number of nitrogens with zero attached hydrogens (tertiary/aromatic N) is 1. The van der Waals surface area contributed by atoms with Crippen molar-refractivity contribution in [1.29, 1.82) is 0 Å². The van der Waals surface area contributed by atoms with Crippen LogP contribution in [-0.4, -0.2) is 37.3 Å². The van der Waals surface area contributed by atoms with Crippen molar-refractivity contribution in [3.05, 3.63) is 35.9 Å². The fourth-order valence-corrected chi connectivity index (χ4v) is 1.89. The van der Waals surface area contributed by atoms with Crippen LogP contribution in [-0.2, 0) is 4.74 Å². The highest BCUT2D eigenvalue weighted by Crippen LogP contribution is 2.14. The molecule has 1 atom stereocenters. The van der Waals surface area contributed by atoms with E-state index >= 15 is 0 Å². The number of hydrogen-bond acceptors (Lipinski definition) is 4. The molecule has 20 heavy (non-hydrogen) atoms. The molecule has 1 rings (SSSR count).